The molecule has 7 aliphatic rings. The zero-order valence-electron chi connectivity index (χ0n) is 30.6. The van der Waals surface area contributed by atoms with Crippen molar-refractivity contribution in [1.82, 2.24) is 23.3 Å². The van der Waals surface area contributed by atoms with Gasteiger partial charge in [0.25, 0.3) is 13.4 Å². The Morgan fingerprint density at radius 1 is 0.404 bits per heavy atom. The molecule has 0 amide bonds. The van der Waals surface area contributed by atoms with Crippen molar-refractivity contribution >= 4 is 90.3 Å². The number of nitrogens with zero attached hydrogens (tertiary/aromatic N) is 5. The van der Waals surface area contributed by atoms with E-state index in [-0.39, 0.29) is 13.4 Å². The first-order chi connectivity index (χ1) is 28.3. The van der Waals surface area contributed by atoms with Crippen molar-refractivity contribution < 1.29 is 0 Å². The van der Waals surface area contributed by atoms with Gasteiger partial charge < -0.3 is 18.3 Å². The Labute approximate surface area is 326 Å². The highest BCUT2D eigenvalue weighted by Crippen LogP contribution is 2.47. The van der Waals surface area contributed by atoms with Gasteiger partial charge in [-0.1, -0.05) is 84.9 Å². The molecule has 0 saturated carbocycles. The largest absolute Gasteiger partial charge is 0.307 e. The number of benzene rings is 7. The molecule has 0 unspecified atom stereocenters. The minimum Gasteiger partial charge on any atom is -0.307 e. The number of aromatic nitrogens is 5. The topological polar surface area (TPSA) is 32.6 Å². The zero-order valence-corrected chi connectivity index (χ0v) is 30.6. The van der Waals surface area contributed by atoms with Crippen LogP contribution < -0.4 is 32.8 Å². The molecule has 0 saturated heterocycles. The summed E-state index contributed by atoms with van der Waals surface area (Å²) < 4.78 is 10.9. The third kappa shape index (κ3) is 2.74. The monoisotopic (exact) mass is 719 g/mol. The van der Waals surface area contributed by atoms with Gasteiger partial charge in [-0.25, -0.2) is 0 Å². The van der Waals surface area contributed by atoms with Gasteiger partial charge in [0.05, 0.1) is 49.8 Å². The average molecular weight is 719 g/mol. The first-order valence-electron chi connectivity index (χ1n) is 20.4. The summed E-state index contributed by atoms with van der Waals surface area (Å²) in [5.74, 6) is 0. The van der Waals surface area contributed by atoms with Crippen LogP contribution in [0, 0.1) is 0 Å². The summed E-state index contributed by atoms with van der Waals surface area (Å²) >= 11 is 0. The Balaban J connectivity index is 1.23. The molecular weight excluding hydrogens is 692 g/mol. The molecule has 7 aromatic carbocycles. The van der Waals surface area contributed by atoms with Crippen molar-refractivity contribution in [3.63, 3.8) is 0 Å². The summed E-state index contributed by atoms with van der Waals surface area (Å²) in [6, 6.07) is 46.8. The molecule has 10 heterocycles. The van der Waals surface area contributed by atoms with Crippen LogP contribution in [-0.2, 0) is 19.3 Å². The van der Waals surface area contributed by atoms with Gasteiger partial charge >= 0.3 is 0 Å². The maximum Gasteiger partial charge on any atom is 0.253 e. The molecule has 3 aromatic heterocycles. The molecule has 57 heavy (non-hydrogen) atoms. The van der Waals surface area contributed by atoms with Crippen LogP contribution in [0.3, 0.4) is 0 Å². The Bertz CT molecular complexity index is 3800. The molecule has 258 valence electrons. The first-order valence-corrected chi connectivity index (χ1v) is 20.4. The van der Waals surface area contributed by atoms with Crippen LogP contribution in [-0.4, -0.2) is 36.7 Å². The predicted molar refractivity (Wildman–Crippen MR) is 232 cm³/mol. The van der Waals surface area contributed by atoms with E-state index in [1.807, 2.05) is 12.3 Å². The van der Waals surface area contributed by atoms with Gasteiger partial charge in [-0.05, 0) is 115 Å². The molecule has 0 spiro atoms. The second-order valence-corrected chi connectivity index (χ2v) is 17.4. The summed E-state index contributed by atoms with van der Waals surface area (Å²) in [4.78, 5) is 4.86. The van der Waals surface area contributed by atoms with Crippen molar-refractivity contribution in [1.29, 1.82) is 0 Å². The minimum absolute atomic E-state index is 0.0358. The van der Waals surface area contributed by atoms with Gasteiger partial charge in [-0.15, -0.1) is 0 Å². The summed E-state index contributed by atoms with van der Waals surface area (Å²) in [6.07, 6.45) is 4.80. The number of para-hydroxylation sites is 3. The van der Waals surface area contributed by atoms with E-state index in [1.54, 1.807) is 10.9 Å². The minimum atomic E-state index is 0.0358. The zero-order chi connectivity index (χ0) is 36.2. The predicted octanol–water partition coefficient (Wildman–Crippen LogP) is 5.65. The Morgan fingerprint density at radius 2 is 0.982 bits per heavy atom. The Hall–Kier alpha value is -6.98. The Kier molecular flexibility index (Phi) is 4.21. The standard InChI is InChI=1S/C50H27B2N5/c1-2-11-35-32(9-1)51-33-24-25(34-10-3-4-20-53-34)18-19-36(33)55-38-13-6-8-29-23-31-17-15-27-21-26-14-16-30-22-28-7-5-12-37-43(28)56-45(30)39(26)52-40(27)46(31)57(44(29)38)50-42(52)49(56)47(54(35)37)41(51)48(50)55/h1-20,24H,21-23H2. The van der Waals surface area contributed by atoms with Crippen LogP contribution in [0.4, 0.5) is 0 Å². The number of hydrogen-bond acceptors (Lipinski definition) is 1. The summed E-state index contributed by atoms with van der Waals surface area (Å²) in [6.45, 7) is 0.215. The third-order valence-electron chi connectivity index (χ3n) is 15.0. The number of hydrogen-bond donors (Lipinski definition) is 0. The van der Waals surface area contributed by atoms with E-state index in [0.717, 1.165) is 30.5 Å². The Morgan fingerprint density at radius 3 is 1.65 bits per heavy atom. The summed E-state index contributed by atoms with van der Waals surface area (Å²) in [5.41, 5.74) is 35.9. The second-order valence-electron chi connectivity index (χ2n) is 17.4. The lowest BCUT2D eigenvalue weighted by Gasteiger charge is -2.47. The van der Waals surface area contributed by atoms with Crippen LogP contribution in [0.2, 0.25) is 0 Å². The molecule has 17 rings (SSSR count). The molecule has 10 aromatic rings. The van der Waals surface area contributed by atoms with Crippen molar-refractivity contribution in [3.05, 3.63) is 161 Å². The molecule has 0 aliphatic carbocycles. The van der Waals surface area contributed by atoms with Gasteiger partial charge in [-0.3, -0.25) is 4.98 Å². The van der Waals surface area contributed by atoms with Gasteiger partial charge in [0, 0.05) is 41.8 Å². The fourth-order valence-electron chi connectivity index (χ4n) is 13.2. The highest BCUT2D eigenvalue weighted by atomic mass is 15.1. The molecule has 0 atom stereocenters. The maximum absolute atomic E-state index is 4.86. The molecule has 0 fully saturated rings. The lowest BCUT2D eigenvalue weighted by molar-refractivity contribution is 0.983. The lowest BCUT2D eigenvalue weighted by atomic mass is 9.29. The number of fused-ring (bicyclic) bond motifs is 8. The fourth-order valence-corrected chi connectivity index (χ4v) is 13.2. The van der Waals surface area contributed by atoms with Crippen LogP contribution in [0.5, 0.6) is 0 Å². The average Bonchev–Trinajstić information content (AvgIpc) is 3.27. The van der Waals surface area contributed by atoms with Crippen LogP contribution >= 0.6 is 0 Å². The molecule has 5 nitrogen and oxygen atoms in total. The van der Waals surface area contributed by atoms with Crippen molar-refractivity contribution in [3.8, 4) is 34.0 Å². The van der Waals surface area contributed by atoms with Crippen LogP contribution in [0.1, 0.15) is 33.4 Å². The fraction of sp³-hybridized carbons (Fsp3) is 0.0600. The van der Waals surface area contributed by atoms with E-state index in [0.29, 0.717) is 0 Å². The summed E-state index contributed by atoms with van der Waals surface area (Å²) in [5, 5.41) is 0. The quantitative estimate of drug-likeness (QED) is 0.160. The molecule has 0 N–H and O–H groups in total. The first kappa shape index (κ1) is 27.6. The smallest absolute Gasteiger partial charge is 0.253 e. The second kappa shape index (κ2) is 8.69. The molecule has 0 radical (unpaired) electrons. The van der Waals surface area contributed by atoms with Crippen molar-refractivity contribution in [2.75, 3.05) is 0 Å². The summed E-state index contributed by atoms with van der Waals surface area (Å²) in [7, 11) is 0. The van der Waals surface area contributed by atoms with Crippen LogP contribution in [0.15, 0.2) is 128 Å². The normalized spacial score (nSPS) is 15.1. The van der Waals surface area contributed by atoms with Gasteiger partial charge in [0.1, 0.15) is 0 Å². The number of rotatable bonds is 1. The van der Waals surface area contributed by atoms with E-state index in [1.165, 1.54) is 122 Å². The lowest BCUT2D eigenvalue weighted by Crippen LogP contribution is -2.67. The van der Waals surface area contributed by atoms with Gasteiger partial charge in [0.2, 0.25) is 0 Å². The van der Waals surface area contributed by atoms with Crippen LogP contribution in [0.25, 0.3) is 78.1 Å². The molecular formula is C50H27B2N5. The highest BCUT2D eigenvalue weighted by Gasteiger charge is 2.51. The SMILES string of the molecule is c1ccc(-c2ccc3c(c2)B2c4ccccc4-n4c5cccc6c5n5c7c8c9c(c2c74)n-3c2cccc3c2n9-c2c(ccc4c2B8c2c(ccc(c2-5)C6)C4)C3)nc1. The molecule has 0 bridgehead atoms. The highest BCUT2D eigenvalue weighted by molar-refractivity contribution is 7.04. The molecule has 7 heteroatoms. The van der Waals surface area contributed by atoms with E-state index >= 15 is 0 Å². The van der Waals surface area contributed by atoms with Gasteiger partial charge in [0.15, 0.2) is 0 Å². The van der Waals surface area contributed by atoms with Gasteiger partial charge in [-0.2, -0.15) is 0 Å². The van der Waals surface area contributed by atoms with Crippen molar-refractivity contribution in [2.24, 2.45) is 0 Å². The van der Waals surface area contributed by atoms with E-state index in [4.69, 9.17) is 4.98 Å². The number of pyridine rings is 1. The van der Waals surface area contributed by atoms with E-state index in [9.17, 15) is 0 Å². The van der Waals surface area contributed by atoms with Crippen molar-refractivity contribution in [2.45, 2.75) is 19.3 Å². The molecule has 7 aliphatic heterocycles. The maximum atomic E-state index is 4.86. The third-order valence-corrected chi connectivity index (χ3v) is 15.0. The van der Waals surface area contributed by atoms with E-state index < -0.39 is 0 Å². The van der Waals surface area contributed by atoms with E-state index in [2.05, 4.69) is 134 Å².